The van der Waals surface area contributed by atoms with Gasteiger partial charge in [0.15, 0.2) is 0 Å². The van der Waals surface area contributed by atoms with E-state index in [1.165, 1.54) is 25.0 Å². The second kappa shape index (κ2) is 3.90. The van der Waals surface area contributed by atoms with Crippen molar-refractivity contribution >= 4 is 60.5 Å². The largest absolute Gasteiger partial charge is 0.391 e. The molecule has 0 bridgehead atoms. The van der Waals surface area contributed by atoms with Gasteiger partial charge in [-0.3, -0.25) is 0 Å². The molecule has 0 aliphatic rings. The standard InChI is InChI=1S/C13H13NS3/c1-6(2)10-4-7-3-9(15)8-5-11(14)17-13(8)12(7)16-10/h3-6,15H,14H2,1-2H3. The molecule has 2 N–H and O–H groups in total. The van der Waals surface area contributed by atoms with Crippen LogP contribution in [0.2, 0.25) is 0 Å². The van der Waals surface area contributed by atoms with Gasteiger partial charge >= 0.3 is 0 Å². The van der Waals surface area contributed by atoms with Crippen molar-refractivity contribution in [2.75, 3.05) is 5.73 Å². The number of benzene rings is 1. The average Bonchev–Trinajstić information content (AvgIpc) is 2.80. The van der Waals surface area contributed by atoms with Gasteiger partial charge in [-0.05, 0) is 29.5 Å². The third kappa shape index (κ3) is 1.75. The van der Waals surface area contributed by atoms with Gasteiger partial charge in [0.05, 0.1) is 14.4 Å². The third-order valence-corrected chi connectivity index (χ3v) is 5.82. The summed E-state index contributed by atoms with van der Waals surface area (Å²) in [5.74, 6) is 0.572. The van der Waals surface area contributed by atoms with Crippen molar-refractivity contribution in [1.29, 1.82) is 0 Å². The summed E-state index contributed by atoms with van der Waals surface area (Å²) in [5.41, 5.74) is 5.91. The minimum Gasteiger partial charge on any atom is -0.391 e. The highest BCUT2D eigenvalue weighted by Gasteiger charge is 2.12. The molecule has 0 fully saturated rings. The van der Waals surface area contributed by atoms with Gasteiger partial charge in [0.1, 0.15) is 0 Å². The van der Waals surface area contributed by atoms with E-state index in [-0.39, 0.29) is 0 Å². The molecule has 0 radical (unpaired) electrons. The quantitative estimate of drug-likeness (QED) is 0.595. The first-order valence-corrected chi connectivity index (χ1v) is 7.58. The molecule has 3 aromatic rings. The average molecular weight is 279 g/mol. The Bertz CT molecular complexity index is 706. The van der Waals surface area contributed by atoms with Crippen molar-refractivity contribution in [3.8, 4) is 0 Å². The first-order valence-electron chi connectivity index (χ1n) is 5.50. The van der Waals surface area contributed by atoms with Crippen LogP contribution in [-0.4, -0.2) is 0 Å². The number of anilines is 1. The van der Waals surface area contributed by atoms with Crippen LogP contribution >= 0.6 is 35.3 Å². The number of thiol groups is 1. The second-order valence-corrected chi connectivity index (χ2v) is 7.16. The lowest BCUT2D eigenvalue weighted by Gasteiger charge is -1.96. The van der Waals surface area contributed by atoms with Gasteiger partial charge in [0.25, 0.3) is 0 Å². The smallest absolute Gasteiger partial charge is 0.0869 e. The molecule has 0 atom stereocenters. The molecule has 1 aromatic carbocycles. The van der Waals surface area contributed by atoms with Crippen LogP contribution in [0.3, 0.4) is 0 Å². The number of rotatable bonds is 1. The molecule has 1 nitrogen and oxygen atoms in total. The Balaban J connectivity index is 2.45. The van der Waals surface area contributed by atoms with Crippen molar-refractivity contribution in [3.63, 3.8) is 0 Å². The highest BCUT2D eigenvalue weighted by molar-refractivity contribution is 7.80. The van der Waals surface area contributed by atoms with E-state index in [2.05, 4.69) is 38.6 Å². The lowest BCUT2D eigenvalue weighted by molar-refractivity contribution is 0.890. The molecule has 0 saturated carbocycles. The minimum atomic E-state index is 0.572. The molecule has 2 aromatic heterocycles. The lowest BCUT2D eigenvalue weighted by Crippen LogP contribution is -1.77. The molecule has 0 amide bonds. The van der Waals surface area contributed by atoms with Crippen molar-refractivity contribution < 1.29 is 0 Å². The maximum atomic E-state index is 5.91. The van der Waals surface area contributed by atoms with E-state index in [0.717, 1.165) is 9.90 Å². The van der Waals surface area contributed by atoms with Gasteiger partial charge < -0.3 is 5.73 Å². The zero-order chi connectivity index (χ0) is 12.2. The van der Waals surface area contributed by atoms with Gasteiger partial charge in [0.2, 0.25) is 0 Å². The maximum absolute atomic E-state index is 5.91. The molecule has 0 aliphatic carbocycles. The zero-order valence-corrected chi connectivity index (χ0v) is 12.2. The predicted molar refractivity (Wildman–Crippen MR) is 83.0 cm³/mol. The van der Waals surface area contributed by atoms with E-state index in [0.29, 0.717) is 5.92 Å². The summed E-state index contributed by atoms with van der Waals surface area (Å²) in [6, 6.07) is 6.45. The van der Waals surface area contributed by atoms with Crippen LogP contribution < -0.4 is 5.73 Å². The molecule has 0 aliphatic heterocycles. The number of hydrogen-bond acceptors (Lipinski definition) is 4. The van der Waals surface area contributed by atoms with E-state index >= 15 is 0 Å². The molecule has 4 heteroatoms. The fourth-order valence-corrected chi connectivity index (χ4v) is 4.63. The minimum absolute atomic E-state index is 0.572. The monoisotopic (exact) mass is 279 g/mol. The van der Waals surface area contributed by atoms with Gasteiger partial charge in [0, 0.05) is 15.2 Å². The zero-order valence-electron chi connectivity index (χ0n) is 9.65. The molecular weight excluding hydrogens is 266 g/mol. The second-order valence-electron chi connectivity index (χ2n) is 4.51. The Labute approximate surface area is 114 Å². The van der Waals surface area contributed by atoms with E-state index in [9.17, 15) is 0 Å². The summed E-state index contributed by atoms with van der Waals surface area (Å²) in [5, 5.41) is 3.33. The van der Waals surface area contributed by atoms with E-state index in [1.54, 1.807) is 11.3 Å². The highest BCUT2D eigenvalue weighted by Crippen LogP contribution is 2.42. The maximum Gasteiger partial charge on any atom is 0.0869 e. The summed E-state index contributed by atoms with van der Waals surface area (Å²) in [7, 11) is 0. The van der Waals surface area contributed by atoms with Crippen LogP contribution in [0.15, 0.2) is 23.1 Å². The van der Waals surface area contributed by atoms with Gasteiger partial charge in [-0.15, -0.1) is 35.3 Å². The fourth-order valence-electron chi connectivity index (χ4n) is 1.99. The molecule has 0 saturated heterocycles. The van der Waals surface area contributed by atoms with Crippen molar-refractivity contribution in [2.24, 2.45) is 0 Å². The fraction of sp³-hybridized carbons (Fsp3) is 0.231. The topological polar surface area (TPSA) is 26.0 Å². The van der Waals surface area contributed by atoms with Crippen molar-refractivity contribution in [3.05, 3.63) is 23.1 Å². The number of nitrogens with two attached hydrogens (primary N) is 1. The van der Waals surface area contributed by atoms with Gasteiger partial charge in [-0.25, -0.2) is 0 Å². The summed E-state index contributed by atoms with van der Waals surface area (Å²) < 4.78 is 2.63. The summed E-state index contributed by atoms with van der Waals surface area (Å²) in [4.78, 5) is 2.45. The molecular formula is C13H13NS3. The highest BCUT2D eigenvalue weighted by atomic mass is 32.1. The molecule has 17 heavy (non-hydrogen) atoms. The molecule has 0 spiro atoms. The molecule has 3 rings (SSSR count). The van der Waals surface area contributed by atoms with E-state index < -0.39 is 0 Å². The van der Waals surface area contributed by atoms with Crippen LogP contribution in [0.25, 0.3) is 20.2 Å². The Morgan fingerprint density at radius 3 is 2.59 bits per heavy atom. The van der Waals surface area contributed by atoms with Crippen LogP contribution in [0.1, 0.15) is 24.6 Å². The number of fused-ring (bicyclic) bond motifs is 3. The van der Waals surface area contributed by atoms with E-state index in [1.807, 2.05) is 17.4 Å². The van der Waals surface area contributed by atoms with E-state index in [4.69, 9.17) is 5.73 Å². The van der Waals surface area contributed by atoms with Crippen LogP contribution in [0.4, 0.5) is 5.00 Å². The number of nitrogen functional groups attached to an aromatic ring is 1. The molecule has 0 unspecified atom stereocenters. The first kappa shape index (κ1) is 11.4. The number of hydrogen-bond donors (Lipinski definition) is 2. The van der Waals surface area contributed by atoms with Crippen molar-refractivity contribution in [2.45, 2.75) is 24.7 Å². The Morgan fingerprint density at radius 1 is 1.12 bits per heavy atom. The Kier molecular flexibility index (Phi) is 2.61. The number of thiophene rings is 2. The van der Waals surface area contributed by atoms with Crippen LogP contribution in [0, 0.1) is 0 Å². The predicted octanol–water partition coefficient (Wildman–Crippen LogP) is 5.11. The summed E-state index contributed by atoms with van der Waals surface area (Å²) in [6.45, 7) is 4.46. The SMILES string of the molecule is CC(C)c1cc2cc(S)c3cc(N)sc3c2s1. The summed E-state index contributed by atoms with van der Waals surface area (Å²) in [6.07, 6.45) is 0. The Hall–Kier alpha value is -0.710. The normalized spacial score (nSPS) is 12.0. The molecule has 88 valence electrons. The summed E-state index contributed by atoms with van der Waals surface area (Å²) >= 11 is 8.09. The lowest BCUT2D eigenvalue weighted by atomic mass is 10.1. The Morgan fingerprint density at radius 2 is 1.88 bits per heavy atom. The molecule has 2 heterocycles. The van der Waals surface area contributed by atoms with Gasteiger partial charge in [-0.2, -0.15) is 0 Å². The van der Waals surface area contributed by atoms with Crippen LogP contribution in [-0.2, 0) is 0 Å². The first-order chi connectivity index (χ1) is 8.06. The van der Waals surface area contributed by atoms with Crippen LogP contribution in [0.5, 0.6) is 0 Å². The van der Waals surface area contributed by atoms with Crippen molar-refractivity contribution in [1.82, 2.24) is 0 Å². The van der Waals surface area contributed by atoms with Gasteiger partial charge in [-0.1, -0.05) is 13.8 Å². The third-order valence-electron chi connectivity index (χ3n) is 2.87.